The minimum absolute atomic E-state index is 0.104. The average molecular weight is 766 g/mol. The third-order valence-electron chi connectivity index (χ3n) is 9.45. The Hall–Kier alpha value is -6.82. The number of nitro groups is 1. The van der Waals surface area contributed by atoms with Crippen molar-refractivity contribution in [3.05, 3.63) is 182 Å². The topological polar surface area (TPSA) is 133 Å². The van der Waals surface area contributed by atoms with Gasteiger partial charge in [-0.25, -0.2) is 9.59 Å². The van der Waals surface area contributed by atoms with E-state index in [0.717, 1.165) is 56.6 Å². The lowest BCUT2D eigenvalue weighted by atomic mass is 10.0. The zero-order valence-corrected chi connectivity index (χ0v) is 31.4. The largest absolute Gasteiger partial charge is 0.496 e. The molecule has 12 bridgehead atoms. The van der Waals surface area contributed by atoms with Crippen molar-refractivity contribution in [1.82, 2.24) is 0 Å². The maximum Gasteiger partial charge on any atom is 0.338 e. The number of nitro benzene ring substituents is 1. The highest BCUT2D eigenvalue weighted by atomic mass is 16.6. The van der Waals surface area contributed by atoms with Crippen LogP contribution in [-0.4, -0.2) is 31.1 Å². The lowest BCUT2D eigenvalue weighted by Crippen LogP contribution is -2.10. The molecule has 0 saturated heterocycles. The summed E-state index contributed by atoms with van der Waals surface area (Å²) < 4.78 is 35.0. The second kappa shape index (κ2) is 17.8. The molecule has 0 radical (unpaired) electrons. The highest BCUT2D eigenvalue weighted by Crippen LogP contribution is 2.31. The summed E-state index contributed by atoms with van der Waals surface area (Å²) in [6.45, 7) is 1.03. The first-order chi connectivity index (χ1) is 27.8. The van der Waals surface area contributed by atoms with Crippen LogP contribution in [-0.2, 0) is 58.6 Å². The van der Waals surface area contributed by atoms with E-state index in [4.69, 9.17) is 28.4 Å². The number of carbonyl (C=O) groups excluding carboxylic acids is 2. The number of ether oxygens (including phenoxy) is 6. The molecule has 8 rings (SSSR count). The molecule has 2 aliphatic rings. The molecule has 0 saturated carbocycles. The monoisotopic (exact) mass is 765 g/mol. The van der Waals surface area contributed by atoms with E-state index in [1.807, 2.05) is 109 Å². The predicted molar refractivity (Wildman–Crippen MR) is 212 cm³/mol. The molecular formula is C46H39NO10. The minimum atomic E-state index is -0.822. The molecule has 2 heterocycles. The van der Waals surface area contributed by atoms with Crippen LogP contribution >= 0.6 is 0 Å². The van der Waals surface area contributed by atoms with Crippen LogP contribution < -0.4 is 9.47 Å². The summed E-state index contributed by atoms with van der Waals surface area (Å²) in [5.41, 5.74) is 7.89. The van der Waals surface area contributed by atoms with Gasteiger partial charge in [0.1, 0.15) is 24.7 Å². The maximum atomic E-state index is 13.2. The van der Waals surface area contributed by atoms with Crippen molar-refractivity contribution in [3.8, 4) is 33.8 Å². The standard InChI is InChI=1S/C46H39NO10/c1-52-43-22-41-29-55-25-31-8-4-12-35(16-31)37-14-6-10-33(18-37)27-57-46(49)39-19-38(20-42(21-39)47(50)51)45(48)56-26-32-9-5-13-36(17-32)34-11-3-7-30(15-34)24-54-28-40(43)23-44(41)53-2/h3-23H,24-29H2,1-2H3. The Bertz CT molecular complexity index is 2280. The van der Waals surface area contributed by atoms with Crippen molar-refractivity contribution in [2.75, 3.05) is 14.2 Å². The Balaban J connectivity index is 1.19. The highest BCUT2D eigenvalue weighted by Gasteiger charge is 2.21. The molecule has 0 amide bonds. The van der Waals surface area contributed by atoms with E-state index in [2.05, 4.69) is 0 Å². The maximum absolute atomic E-state index is 13.2. The third kappa shape index (κ3) is 9.53. The fourth-order valence-corrected chi connectivity index (χ4v) is 6.59. The van der Waals surface area contributed by atoms with E-state index in [1.165, 1.54) is 6.07 Å². The van der Waals surface area contributed by atoms with Crippen LogP contribution in [0.15, 0.2) is 127 Å². The zero-order valence-electron chi connectivity index (χ0n) is 31.4. The minimum Gasteiger partial charge on any atom is -0.496 e. The van der Waals surface area contributed by atoms with Gasteiger partial charge in [0.2, 0.25) is 0 Å². The molecule has 288 valence electrons. The number of nitrogens with zero attached hydrogens (tertiary/aromatic N) is 1. The molecule has 6 aromatic rings. The molecule has 0 spiro atoms. The number of methoxy groups -OCH3 is 2. The van der Waals surface area contributed by atoms with Crippen LogP contribution in [0.3, 0.4) is 0 Å². The van der Waals surface area contributed by atoms with Crippen molar-refractivity contribution >= 4 is 17.6 Å². The van der Waals surface area contributed by atoms with Gasteiger partial charge in [0.25, 0.3) is 5.69 Å². The molecule has 0 fully saturated rings. The summed E-state index contributed by atoms with van der Waals surface area (Å²) in [7, 11) is 3.24. The Morgan fingerprint density at radius 3 is 1.19 bits per heavy atom. The second-order valence-electron chi connectivity index (χ2n) is 13.4. The second-order valence-corrected chi connectivity index (χ2v) is 13.4. The normalized spacial score (nSPS) is 13.7. The molecular weight excluding hydrogens is 727 g/mol. The summed E-state index contributed by atoms with van der Waals surface area (Å²) in [5, 5.41) is 11.8. The van der Waals surface area contributed by atoms with Crippen LogP contribution in [0.5, 0.6) is 11.5 Å². The van der Waals surface area contributed by atoms with Crippen molar-refractivity contribution < 1.29 is 42.9 Å². The number of carbonyl (C=O) groups is 2. The quantitative estimate of drug-likeness (QED) is 0.0975. The van der Waals surface area contributed by atoms with Gasteiger partial charge in [0, 0.05) is 23.3 Å². The van der Waals surface area contributed by atoms with Crippen molar-refractivity contribution in [2.45, 2.75) is 39.6 Å². The van der Waals surface area contributed by atoms with Gasteiger partial charge in [-0.2, -0.15) is 0 Å². The lowest BCUT2D eigenvalue weighted by Gasteiger charge is -2.16. The van der Waals surface area contributed by atoms with E-state index >= 15 is 0 Å². The molecule has 0 unspecified atom stereocenters. The summed E-state index contributed by atoms with van der Waals surface area (Å²) in [6, 6.07) is 38.1. The number of fused-ring (bicyclic) bond motifs is 10. The van der Waals surface area contributed by atoms with E-state index in [-0.39, 0.29) is 37.6 Å². The van der Waals surface area contributed by atoms with Crippen LogP contribution in [0, 0.1) is 10.1 Å². The highest BCUT2D eigenvalue weighted by molar-refractivity contribution is 5.96. The molecule has 57 heavy (non-hydrogen) atoms. The Labute approximate surface area is 329 Å². The molecule has 0 atom stereocenters. The Morgan fingerprint density at radius 1 is 0.474 bits per heavy atom. The predicted octanol–water partition coefficient (Wildman–Crippen LogP) is 9.41. The van der Waals surface area contributed by atoms with Crippen LogP contribution in [0.4, 0.5) is 5.69 Å². The zero-order chi connectivity index (χ0) is 39.7. The fourth-order valence-electron chi connectivity index (χ4n) is 6.59. The van der Waals surface area contributed by atoms with Crippen LogP contribution in [0.2, 0.25) is 0 Å². The van der Waals surface area contributed by atoms with Crippen LogP contribution in [0.1, 0.15) is 54.1 Å². The van der Waals surface area contributed by atoms with Crippen LogP contribution in [0.25, 0.3) is 22.3 Å². The first-order valence-electron chi connectivity index (χ1n) is 18.2. The summed E-state index contributed by atoms with van der Waals surface area (Å²) >= 11 is 0. The number of hydrogen-bond donors (Lipinski definition) is 0. The molecule has 6 aromatic carbocycles. The fraction of sp³-hybridized carbons (Fsp3) is 0.174. The van der Waals surface area contributed by atoms with E-state index in [9.17, 15) is 19.7 Å². The van der Waals surface area contributed by atoms with Gasteiger partial charge in [-0.15, -0.1) is 0 Å². The molecule has 2 aliphatic heterocycles. The number of esters is 2. The number of benzene rings is 6. The van der Waals surface area contributed by atoms with Gasteiger partial charge < -0.3 is 28.4 Å². The van der Waals surface area contributed by atoms with Crippen molar-refractivity contribution in [2.24, 2.45) is 0 Å². The van der Waals surface area contributed by atoms with Gasteiger partial charge in [0.15, 0.2) is 0 Å². The van der Waals surface area contributed by atoms with Gasteiger partial charge in [-0.1, -0.05) is 72.8 Å². The average Bonchev–Trinajstić information content (AvgIpc) is 3.24. The van der Waals surface area contributed by atoms with Gasteiger partial charge in [-0.3, -0.25) is 10.1 Å². The third-order valence-corrected chi connectivity index (χ3v) is 9.45. The number of hydrogen-bond acceptors (Lipinski definition) is 10. The summed E-state index contributed by atoms with van der Waals surface area (Å²) in [5.74, 6) is -0.322. The first-order valence-corrected chi connectivity index (χ1v) is 18.2. The van der Waals surface area contributed by atoms with E-state index in [1.54, 1.807) is 14.2 Å². The smallest absolute Gasteiger partial charge is 0.338 e. The molecule has 11 heteroatoms. The van der Waals surface area contributed by atoms with Gasteiger partial charge >= 0.3 is 11.9 Å². The number of non-ortho nitro benzene ring substituents is 1. The Morgan fingerprint density at radius 2 is 0.842 bits per heavy atom. The number of rotatable bonds is 3. The van der Waals surface area contributed by atoms with Crippen molar-refractivity contribution in [3.63, 3.8) is 0 Å². The van der Waals surface area contributed by atoms with Gasteiger partial charge in [0.05, 0.1) is 56.7 Å². The van der Waals surface area contributed by atoms with E-state index < -0.39 is 22.5 Å². The van der Waals surface area contributed by atoms with Crippen molar-refractivity contribution in [1.29, 1.82) is 0 Å². The molecule has 0 N–H and O–H groups in total. The summed E-state index contributed by atoms with van der Waals surface area (Å²) in [4.78, 5) is 37.6. The molecule has 11 nitrogen and oxygen atoms in total. The van der Waals surface area contributed by atoms with E-state index in [0.29, 0.717) is 35.8 Å². The molecule has 0 aromatic heterocycles. The molecule has 0 aliphatic carbocycles. The first kappa shape index (κ1) is 38.5. The summed E-state index contributed by atoms with van der Waals surface area (Å²) in [6.07, 6.45) is 0. The Kier molecular flexibility index (Phi) is 12.0. The van der Waals surface area contributed by atoms with Gasteiger partial charge in [-0.05, 0) is 87.0 Å². The lowest BCUT2D eigenvalue weighted by molar-refractivity contribution is -0.384. The SMILES string of the molecule is COc1cc2c(OC)cc1COCc1cccc(c1)-c1cccc(c1)COC(=O)c1cc(cc([N+](=O)[O-])c1)C(=O)OCc1cccc(c1)-c1cccc(c1)COC2.